The Kier molecular flexibility index (Phi) is 74.4. The van der Waals surface area contributed by atoms with Crippen molar-refractivity contribution in [2.45, 2.75) is 150 Å². The molecule has 1 fully saturated rings. The molecule has 0 aromatic heterocycles. The van der Waals surface area contributed by atoms with E-state index in [2.05, 4.69) is 84.5 Å². The minimum atomic E-state index is -2.59. The number of benzene rings is 2. The molecule has 3 N–H and O–H groups in total. The van der Waals surface area contributed by atoms with Gasteiger partial charge in [-0.3, -0.25) is 0 Å². The third kappa shape index (κ3) is 52.7. The molecule has 0 aliphatic carbocycles. The van der Waals surface area contributed by atoms with E-state index in [1.165, 1.54) is 26.1 Å². The van der Waals surface area contributed by atoms with Gasteiger partial charge >= 0.3 is 61.1 Å². The molecule has 3 rings (SSSR count). The van der Waals surface area contributed by atoms with Crippen LogP contribution in [0.2, 0.25) is 49.4 Å². The van der Waals surface area contributed by atoms with Crippen molar-refractivity contribution in [3.63, 3.8) is 0 Å². The summed E-state index contributed by atoms with van der Waals surface area (Å²) in [6.07, 6.45) is 6.73. The van der Waals surface area contributed by atoms with Gasteiger partial charge in [-0.1, -0.05) is 36.4 Å². The van der Waals surface area contributed by atoms with Gasteiger partial charge in [0.05, 0.1) is 6.17 Å². The number of anilines is 2. The van der Waals surface area contributed by atoms with Gasteiger partial charge in [-0.15, -0.1) is 0 Å². The van der Waals surface area contributed by atoms with Crippen molar-refractivity contribution in [3.8, 4) is 0 Å². The molecule has 34 heteroatoms. The van der Waals surface area contributed by atoms with Crippen LogP contribution in [-0.2, 0) is 84.1 Å². The fourth-order valence-electron chi connectivity index (χ4n) is 9.33. The molecule has 0 unspecified atom stereocenters. The molecule has 0 radical (unpaired) electrons. The van der Waals surface area contributed by atoms with E-state index < -0.39 is 61.1 Å². The molecule has 1 aliphatic heterocycles. The van der Waals surface area contributed by atoms with Crippen LogP contribution in [0.3, 0.4) is 0 Å². The Morgan fingerprint density at radius 1 is 0.343 bits per heavy atom. The van der Waals surface area contributed by atoms with Crippen LogP contribution < -0.4 is 16.0 Å². The van der Waals surface area contributed by atoms with Crippen LogP contribution in [0.15, 0.2) is 60.7 Å². The highest BCUT2D eigenvalue weighted by Gasteiger charge is 2.42. The van der Waals surface area contributed by atoms with Gasteiger partial charge < -0.3 is 105 Å². The Morgan fingerprint density at radius 2 is 0.616 bits per heavy atom. The van der Waals surface area contributed by atoms with Crippen molar-refractivity contribution in [1.29, 1.82) is 0 Å². The van der Waals surface area contributed by atoms with Crippen molar-refractivity contribution in [3.05, 3.63) is 60.7 Å². The lowest BCUT2D eigenvalue weighted by molar-refractivity contribution is 0.0704. The Balaban J connectivity index is -0.000000536. The minimum Gasteiger partial charge on any atom is -0.398 e. The van der Waals surface area contributed by atoms with Crippen molar-refractivity contribution in [2.75, 3.05) is 210 Å². The molecule has 1 heterocycles. The lowest BCUT2D eigenvalue weighted by atomic mass is 10.3. The highest BCUT2D eigenvalue weighted by Crippen LogP contribution is 2.22. The van der Waals surface area contributed by atoms with Crippen LogP contribution in [0.25, 0.3) is 0 Å². The highest BCUT2D eigenvalue weighted by atomic mass is 32.1. The number of hydrogen-bond acceptors (Lipinski definition) is 27. The fraction of sp³-hybridized carbons (Fsp3) is 0.815. The largest absolute Gasteiger partial charge is 0.521 e. The Morgan fingerprint density at radius 3 is 0.909 bits per heavy atom. The van der Waals surface area contributed by atoms with E-state index in [1.807, 2.05) is 123 Å². The standard InChI is InChI=1S/C13H23NO3Si.C12H21NO3Si.C10H24N2O2Si.2C9H22O3SSi.C6H16O3SSi.C6H16O2SSi/c1-4-15-18(16-5-2,17-6-3)12-14-13-10-8-7-9-11-13;1-14-17(15-2,16-3)11-7-10-13-12-8-5-4-6-9-12;1-13-15(3,14-2)10-4-7-12-8-5-11-6-9-12;2*1-4-10-14(11-5-2,12-6-3)9-7-8-13;1-7-11(8-2,9-3)6-4-5-10;1-7-10(3,8-2)6-4-5-9/h7-11,14H,4-6,12H2,1-3H3;4-6,8-9,13H,7,10-11H2,1-3H3;11H,4-10H2,1-3H3;2*13H,4-9H2,1-3H3;10H,4-6H2,1-3H3;9H,4-6H2,1-3H3. The molecule has 0 saturated carbocycles. The average Bonchev–Trinajstić information content (AvgIpc) is 1.09. The number of rotatable bonds is 52. The van der Waals surface area contributed by atoms with Gasteiger partial charge in [-0.2, -0.15) is 50.5 Å². The molecular weight excluding hydrogens is 1470 g/mol. The SMILES string of the molecule is CCO[Si](CCCS)(OCC)OCC.CCO[Si](CCCS)(OCC)OCC.CCO[Si](CNc1ccccc1)(OCC)OCC.CO[Si](C)(CCCN1CCNCC1)OC.CO[Si](C)(CCCS)OC.CO[Si](CCCNc1ccccc1)(OC)OC.CO[Si](CCCS)(OC)OC. The zero-order valence-electron chi connectivity index (χ0n) is 65.4. The summed E-state index contributed by atoms with van der Waals surface area (Å²) in [4.78, 5) is 2.51. The first-order chi connectivity index (χ1) is 47.6. The Labute approximate surface area is 633 Å². The summed E-state index contributed by atoms with van der Waals surface area (Å²) in [5.74, 6) is 3.45. The molecule has 2 aromatic carbocycles. The molecule has 590 valence electrons. The summed E-state index contributed by atoms with van der Waals surface area (Å²) in [7, 11) is 1.16. The van der Waals surface area contributed by atoms with E-state index in [1.54, 1.807) is 71.1 Å². The molecule has 23 nitrogen and oxygen atoms in total. The van der Waals surface area contributed by atoms with Crippen LogP contribution in [0, 0.1) is 0 Å². The van der Waals surface area contributed by atoms with E-state index in [9.17, 15) is 0 Å². The van der Waals surface area contributed by atoms with Crippen LogP contribution in [0.5, 0.6) is 0 Å². The first-order valence-corrected chi connectivity index (χ1v) is 52.6. The number of nitrogens with one attached hydrogen (secondary N) is 3. The van der Waals surface area contributed by atoms with Gasteiger partial charge in [-0.05, 0) is 180 Å². The van der Waals surface area contributed by atoms with Gasteiger partial charge in [0.25, 0.3) is 0 Å². The van der Waals surface area contributed by atoms with E-state index in [4.69, 9.17) is 84.1 Å². The number of thiol groups is 4. The number of hydrogen-bond donors (Lipinski definition) is 7. The fourth-order valence-corrected chi connectivity index (χ4v) is 24.9. The summed E-state index contributed by atoms with van der Waals surface area (Å²) < 4.78 is 104. The van der Waals surface area contributed by atoms with Crippen molar-refractivity contribution in [1.82, 2.24) is 10.2 Å². The average molecular weight is 1610 g/mol. The lowest BCUT2D eigenvalue weighted by Crippen LogP contribution is -2.52. The maximum Gasteiger partial charge on any atom is 0.521 e. The van der Waals surface area contributed by atoms with Crippen molar-refractivity contribution >= 4 is 123 Å². The van der Waals surface area contributed by atoms with Gasteiger partial charge in [0.15, 0.2) is 0 Å². The smallest absolute Gasteiger partial charge is 0.398 e. The summed E-state index contributed by atoms with van der Waals surface area (Å²) in [6, 6.07) is 25.6. The quantitative estimate of drug-likeness (QED) is 0.0186. The summed E-state index contributed by atoms with van der Waals surface area (Å²) in [6.45, 7) is 34.3. The lowest BCUT2D eigenvalue weighted by Gasteiger charge is -2.28. The topological polar surface area (TPSA) is 215 Å². The van der Waals surface area contributed by atoms with E-state index in [0.29, 0.717) is 65.6 Å². The van der Waals surface area contributed by atoms with E-state index in [0.717, 1.165) is 122 Å². The van der Waals surface area contributed by atoms with Crippen molar-refractivity contribution in [2.24, 2.45) is 0 Å². The van der Waals surface area contributed by atoms with Crippen LogP contribution >= 0.6 is 50.5 Å². The van der Waals surface area contributed by atoms with Gasteiger partial charge in [0.2, 0.25) is 0 Å². The monoisotopic (exact) mass is 1610 g/mol. The Hall–Kier alpha value is 0.118. The zero-order valence-corrected chi connectivity index (χ0v) is 76.0. The second kappa shape index (κ2) is 69.8. The maximum atomic E-state index is 5.76. The van der Waals surface area contributed by atoms with Crippen molar-refractivity contribution < 1.29 is 84.1 Å². The first kappa shape index (κ1) is 105. The third-order valence-corrected chi connectivity index (χ3v) is 36.9. The maximum absolute atomic E-state index is 5.76. The molecule has 1 saturated heterocycles. The normalized spacial score (nSPS) is 12.9. The molecular formula is C65H144N4O19S4Si7. The number of nitrogens with zero attached hydrogens (tertiary/aromatic N) is 1. The van der Waals surface area contributed by atoms with E-state index >= 15 is 0 Å². The van der Waals surface area contributed by atoms with Crippen LogP contribution in [0.1, 0.15) is 101 Å². The molecule has 2 aromatic rings. The number of piperazine rings is 1. The van der Waals surface area contributed by atoms with Gasteiger partial charge in [0, 0.05) is 199 Å². The van der Waals surface area contributed by atoms with Gasteiger partial charge in [-0.25, -0.2) is 0 Å². The molecule has 99 heavy (non-hydrogen) atoms. The summed E-state index contributed by atoms with van der Waals surface area (Å²) in [5, 5.41) is 10.0. The number of para-hydroxylation sites is 2. The highest BCUT2D eigenvalue weighted by molar-refractivity contribution is 7.80. The zero-order chi connectivity index (χ0) is 75.5. The third-order valence-electron chi connectivity index (χ3n) is 14.9. The molecule has 0 amide bonds. The van der Waals surface area contributed by atoms with Crippen LogP contribution in [0.4, 0.5) is 11.4 Å². The first-order valence-electron chi connectivity index (χ1n) is 35.3. The summed E-state index contributed by atoms with van der Waals surface area (Å²) >= 11 is 16.6. The molecule has 0 bridgehead atoms. The predicted molar refractivity (Wildman–Crippen MR) is 438 cm³/mol. The minimum absolute atomic E-state index is 0.590. The second-order valence-electron chi connectivity index (χ2n) is 21.7. The second-order valence-corrected chi connectivity index (χ2v) is 44.9. The Bertz CT molecular complexity index is 1890. The predicted octanol–water partition coefficient (Wildman–Crippen LogP) is 13.3. The molecule has 0 spiro atoms. The van der Waals surface area contributed by atoms with E-state index in [-0.39, 0.29) is 0 Å². The van der Waals surface area contributed by atoms with Gasteiger partial charge in [0.1, 0.15) is 0 Å². The molecule has 0 atom stereocenters. The van der Waals surface area contributed by atoms with Crippen LogP contribution in [-0.4, -0.2) is 265 Å². The summed E-state index contributed by atoms with van der Waals surface area (Å²) in [5.41, 5.74) is 2.18. The molecule has 1 aliphatic rings.